The number of carboxylic acids is 1. The van der Waals surface area contributed by atoms with Gasteiger partial charge in [0.05, 0.1) is 12.1 Å². The second-order valence-corrected chi connectivity index (χ2v) is 13.9. The molecule has 44 heavy (non-hydrogen) atoms. The molecule has 11 heteroatoms. The fourth-order valence-corrected chi connectivity index (χ4v) is 5.84. The summed E-state index contributed by atoms with van der Waals surface area (Å²) in [5, 5.41) is 19.1. The minimum Gasteiger partial charge on any atom is -0.480 e. The van der Waals surface area contributed by atoms with E-state index in [-0.39, 0.29) is 29.1 Å². The molecule has 0 aliphatic heterocycles. The van der Waals surface area contributed by atoms with Crippen LogP contribution in [0.25, 0.3) is 10.9 Å². The molecule has 2 aromatic rings. The van der Waals surface area contributed by atoms with Crippen LogP contribution in [0.4, 0.5) is 0 Å². The molecule has 4 atom stereocenters. The summed E-state index contributed by atoms with van der Waals surface area (Å²) in [6.45, 7) is 15.2. The number of benzene rings is 1. The molecule has 0 radical (unpaired) electrons. The van der Waals surface area contributed by atoms with E-state index in [0.717, 1.165) is 16.5 Å². The first-order valence-electron chi connectivity index (χ1n) is 14.9. The Bertz CT molecular complexity index is 1390. The highest BCUT2D eigenvalue weighted by molar-refractivity contribution is 7.80. The van der Waals surface area contributed by atoms with Crippen molar-refractivity contribution in [2.75, 3.05) is 19.8 Å². The van der Waals surface area contributed by atoms with E-state index in [4.69, 9.17) is 0 Å². The molecule has 0 aliphatic carbocycles. The van der Waals surface area contributed by atoms with E-state index in [1.807, 2.05) is 73.7 Å². The lowest BCUT2D eigenvalue weighted by Crippen LogP contribution is -2.61. The van der Waals surface area contributed by atoms with Gasteiger partial charge in [0.15, 0.2) is 0 Å². The van der Waals surface area contributed by atoms with Crippen molar-refractivity contribution in [2.24, 2.45) is 18.4 Å². The van der Waals surface area contributed by atoms with Crippen molar-refractivity contribution < 1.29 is 24.3 Å². The van der Waals surface area contributed by atoms with E-state index < -0.39 is 46.9 Å². The van der Waals surface area contributed by atoms with Gasteiger partial charge >= 0.3 is 5.97 Å². The largest absolute Gasteiger partial charge is 0.480 e. The highest BCUT2D eigenvalue weighted by Crippen LogP contribution is 2.35. The standard InChI is InChI=1S/C33H51N5O5S/c1-19(2)25(16-20(3)28(39)35-23(18-44)31(42)43)38(11)30(41)27(32(4,5)6)36-29(40)26(34-9)33(7,8)22-17-37(10)24-15-13-12-14-21(22)24/h12-17,19,23,25-27,34,44H,18H2,1-11H3,(H,35,39)(H,36,40)(H,42,43)/b20-16+/t23-,25+,26+,27?/m0/s1. The van der Waals surface area contributed by atoms with Gasteiger partial charge in [-0.15, -0.1) is 0 Å². The van der Waals surface area contributed by atoms with Crippen LogP contribution in [0.15, 0.2) is 42.1 Å². The van der Waals surface area contributed by atoms with Gasteiger partial charge in [-0.05, 0) is 36.9 Å². The lowest BCUT2D eigenvalue weighted by Gasteiger charge is -2.39. The van der Waals surface area contributed by atoms with Crippen LogP contribution in [0.2, 0.25) is 0 Å². The predicted molar refractivity (Wildman–Crippen MR) is 179 cm³/mol. The Morgan fingerprint density at radius 2 is 1.64 bits per heavy atom. The fourth-order valence-electron chi connectivity index (χ4n) is 5.60. The van der Waals surface area contributed by atoms with Gasteiger partial charge in [0.2, 0.25) is 17.7 Å². The molecule has 244 valence electrons. The Balaban J connectivity index is 2.39. The molecule has 1 aromatic carbocycles. The molecule has 0 spiro atoms. The number of nitrogens with zero attached hydrogens (tertiary/aromatic N) is 2. The van der Waals surface area contributed by atoms with Crippen molar-refractivity contribution in [3.05, 3.63) is 47.7 Å². The molecule has 1 aromatic heterocycles. The number of thiol groups is 1. The monoisotopic (exact) mass is 629 g/mol. The van der Waals surface area contributed by atoms with E-state index in [1.54, 1.807) is 32.0 Å². The van der Waals surface area contributed by atoms with Crippen LogP contribution in [0.3, 0.4) is 0 Å². The third-order valence-electron chi connectivity index (χ3n) is 8.31. The highest BCUT2D eigenvalue weighted by Gasteiger charge is 2.42. The Morgan fingerprint density at radius 1 is 1.05 bits per heavy atom. The first-order valence-corrected chi connectivity index (χ1v) is 15.5. The summed E-state index contributed by atoms with van der Waals surface area (Å²) in [4.78, 5) is 53.8. The number of aliphatic carboxylic acids is 1. The van der Waals surface area contributed by atoms with E-state index in [2.05, 4.69) is 45.4 Å². The van der Waals surface area contributed by atoms with Gasteiger partial charge < -0.3 is 30.5 Å². The molecule has 4 N–H and O–H groups in total. The van der Waals surface area contributed by atoms with Gasteiger partial charge in [0, 0.05) is 47.9 Å². The van der Waals surface area contributed by atoms with Gasteiger partial charge in [0.1, 0.15) is 12.1 Å². The molecule has 3 amide bonds. The van der Waals surface area contributed by atoms with Crippen molar-refractivity contribution in [2.45, 2.75) is 85.0 Å². The summed E-state index contributed by atoms with van der Waals surface area (Å²) in [7, 11) is 5.38. The quantitative estimate of drug-likeness (QED) is 0.170. The first kappa shape index (κ1) is 36.9. The molecule has 2 rings (SSSR count). The summed E-state index contributed by atoms with van der Waals surface area (Å²) in [6.07, 6.45) is 3.71. The second-order valence-electron chi connectivity index (χ2n) is 13.5. The summed E-state index contributed by atoms with van der Waals surface area (Å²) in [5.74, 6) is -2.47. The minimum absolute atomic E-state index is 0.0573. The number of aryl methyl sites for hydroxylation is 1. The average Bonchev–Trinajstić information content (AvgIpc) is 3.28. The van der Waals surface area contributed by atoms with E-state index in [9.17, 15) is 24.3 Å². The van der Waals surface area contributed by atoms with Crippen LogP contribution in [0.1, 0.15) is 61.0 Å². The zero-order chi connectivity index (χ0) is 33.7. The zero-order valence-electron chi connectivity index (χ0n) is 28.0. The maximum absolute atomic E-state index is 14.1. The van der Waals surface area contributed by atoms with Crippen LogP contribution in [-0.2, 0) is 31.6 Å². The highest BCUT2D eigenvalue weighted by atomic mass is 32.1. The summed E-state index contributed by atoms with van der Waals surface area (Å²) in [5.41, 5.74) is 1.09. The predicted octanol–water partition coefficient (Wildman–Crippen LogP) is 3.50. The number of rotatable bonds is 13. The minimum atomic E-state index is -1.18. The van der Waals surface area contributed by atoms with Crippen LogP contribution in [0, 0.1) is 11.3 Å². The van der Waals surface area contributed by atoms with Crippen LogP contribution < -0.4 is 16.0 Å². The number of para-hydroxylation sites is 1. The normalized spacial score (nSPS) is 15.4. The Kier molecular flexibility index (Phi) is 12.3. The molecule has 0 saturated heterocycles. The summed E-state index contributed by atoms with van der Waals surface area (Å²) < 4.78 is 2.05. The maximum Gasteiger partial charge on any atom is 0.327 e. The Hall–Kier alpha value is -3.31. The van der Waals surface area contributed by atoms with Crippen LogP contribution >= 0.6 is 12.6 Å². The zero-order valence-corrected chi connectivity index (χ0v) is 28.9. The van der Waals surface area contributed by atoms with E-state index in [0.29, 0.717) is 0 Å². The third-order valence-corrected chi connectivity index (χ3v) is 8.67. The number of aromatic nitrogens is 1. The van der Waals surface area contributed by atoms with Crippen molar-refractivity contribution in [1.82, 2.24) is 25.4 Å². The molecule has 0 aliphatic rings. The molecule has 1 unspecified atom stereocenters. The molecule has 1 heterocycles. The molecule has 0 fully saturated rings. The van der Waals surface area contributed by atoms with Crippen LogP contribution in [-0.4, -0.2) is 82.3 Å². The maximum atomic E-state index is 14.1. The Labute approximate surface area is 267 Å². The van der Waals surface area contributed by atoms with E-state index in [1.165, 1.54) is 0 Å². The lowest BCUT2D eigenvalue weighted by atomic mass is 9.76. The van der Waals surface area contributed by atoms with Gasteiger partial charge in [0.25, 0.3) is 0 Å². The molecule has 0 bridgehead atoms. The number of carbonyl (C=O) groups excluding carboxylic acids is 3. The lowest BCUT2D eigenvalue weighted by molar-refractivity contribution is -0.140. The number of carboxylic acid groups (broad SMARTS) is 1. The number of hydrogen-bond donors (Lipinski definition) is 5. The number of carbonyl (C=O) groups is 4. The number of hydrogen-bond acceptors (Lipinski definition) is 6. The number of amides is 3. The third kappa shape index (κ3) is 8.24. The van der Waals surface area contributed by atoms with Gasteiger partial charge in [-0.2, -0.15) is 12.6 Å². The number of nitrogens with one attached hydrogen (secondary N) is 3. The number of fused-ring (bicyclic) bond motifs is 1. The summed E-state index contributed by atoms with van der Waals surface area (Å²) >= 11 is 4.01. The summed E-state index contributed by atoms with van der Waals surface area (Å²) in [6, 6.07) is 4.90. The molecule has 0 saturated carbocycles. The van der Waals surface area contributed by atoms with Crippen molar-refractivity contribution >= 4 is 47.2 Å². The van der Waals surface area contributed by atoms with Crippen molar-refractivity contribution in [3.63, 3.8) is 0 Å². The van der Waals surface area contributed by atoms with E-state index >= 15 is 0 Å². The topological polar surface area (TPSA) is 133 Å². The average molecular weight is 630 g/mol. The second kappa shape index (κ2) is 14.6. The van der Waals surface area contributed by atoms with Gasteiger partial charge in [-0.1, -0.05) is 72.7 Å². The fraction of sp³-hybridized carbons (Fsp3) is 0.576. The molecule has 10 nitrogen and oxygen atoms in total. The van der Waals surface area contributed by atoms with Gasteiger partial charge in [-0.25, -0.2) is 4.79 Å². The van der Waals surface area contributed by atoms with Crippen molar-refractivity contribution in [3.8, 4) is 0 Å². The van der Waals surface area contributed by atoms with Gasteiger partial charge in [-0.3, -0.25) is 14.4 Å². The molecular formula is C33H51N5O5S. The smallest absolute Gasteiger partial charge is 0.327 e. The Morgan fingerprint density at radius 3 is 2.14 bits per heavy atom. The molecular weight excluding hydrogens is 578 g/mol. The number of likely N-dealkylation sites (N-methyl/N-ethyl adjacent to an activating group) is 2. The van der Waals surface area contributed by atoms with Crippen LogP contribution in [0.5, 0.6) is 0 Å². The van der Waals surface area contributed by atoms with Crippen molar-refractivity contribution in [1.29, 1.82) is 0 Å². The SMILES string of the molecule is CN[C@H](C(=O)NC(C(=O)N(C)[C@H](/C=C(\C)C(=O)N[C@@H](CS)C(=O)O)C(C)C)C(C)(C)C)C(C)(C)c1cn(C)c2ccccc12. The first-order chi connectivity index (χ1) is 20.3.